The SMILES string of the molecule is C=C(CC)[C@H]1CN1SC(C)(C)C. The summed E-state index contributed by atoms with van der Waals surface area (Å²) in [5.74, 6) is 0. The van der Waals surface area contributed by atoms with Crippen LogP contribution in [0.4, 0.5) is 0 Å². The molecule has 1 saturated heterocycles. The summed E-state index contributed by atoms with van der Waals surface area (Å²) in [7, 11) is 0. The van der Waals surface area contributed by atoms with E-state index in [1.54, 1.807) is 0 Å². The molecule has 70 valence electrons. The van der Waals surface area contributed by atoms with Crippen LogP contribution in [0.2, 0.25) is 0 Å². The highest BCUT2D eigenvalue weighted by Crippen LogP contribution is 2.39. The molecule has 1 nitrogen and oxygen atoms in total. The first-order valence-corrected chi connectivity index (χ1v) is 5.35. The minimum Gasteiger partial charge on any atom is -0.240 e. The summed E-state index contributed by atoms with van der Waals surface area (Å²) in [5, 5.41) is 0. The monoisotopic (exact) mass is 185 g/mol. The van der Waals surface area contributed by atoms with Crippen LogP contribution in [0.15, 0.2) is 12.2 Å². The fraction of sp³-hybridized carbons (Fsp3) is 0.800. The van der Waals surface area contributed by atoms with Crippen molar-refractivity contribution in [2.24, 2.45) is 0 Å². The predicted molar refractivity (Wildman–Crippen MR) is 57.3 cm³/mol. The van der Waals surface area contributed by atoms with E-state index in [9.17, 15) is 0 Å². The first-order valence-electron chi connectivity index (χ1n) is 4.57. The van der Waals surface area contributed by atoms with Gasteiger partial charge in [0.15, 0.2) is 0 Å². The van der Waals surface area contributed by atoms with E-state index < -0.39 is 0 Å². The third-order valence-corrected chi connectivity index (χ3v) is 3.07. The fourth-order valence-corrected chi connectivity index (χ4v) is 2.34. The van der Waals surface area contributed by atoms with E-state index in [1.165, 1.54) is 12.1 Å². The molecule has 2 heteroatoms. The standard InChI is InChI=1S/C10H19NS/c1-6-8(2)9-7-11(9)12-10(3,4)5/h9H,2,6-7H2,1,3-5H3/t9-,11?/m1/s1. The molecule has 1 aliphatic heterocycles. The van der Waals surface area contributed by atoms with Crippen molar-refractivity contribution in [3.05, 3.63) is 12.2 Å². The Kier molecular flexibility index (Phi) is 2.89. The molecule has 0 N–H and O–H groups in total. The highest BCUT2D eigenvalue weighted by Gasteiger charge is 2.38. The first-order chi connectivity index (χ1) is 5.44. The van der Waals surface area contributed by atoms with Crippen molar-refractivity contribution in [3.63, 3.8) is 0 Å². The average Bonchev–Trinajstić information content (AvgIpc) is 2.62. The molecule has 0 aromatic rings. The quantitative estimate of drug-likeness (QED) is 0.377. The topological polar surface area (TPSA) is 3.01 Å². The van der Waals surface area contributed by atoms with Gasteiger partial charge in [-0.25, -0.2) is 4.31 Å². The van der Waals surface area contributed by atoms with E-state index in [2.05, 4.69) is 38.6 Å². The van der Waals surface area contributed by atoms with Crippen LogP contribution in [-0.4, -0.2) is 21.6 Å². The highest BCUT2D eigenvalue weighted by atomic mass is 32.2. The summed E-state index contributed by atoms with van der Waals surface area (Å²) in [6.45, 7) is 14.2. The zero-order valence-corrected chi connectivity index (χ0v) is 9.37. The maximum atomic E-state index is 4.06. The molecule has 1 unspecified atom stereocenters. The molecular weight excluding hydrogens is 166 g/mol. The Morgan fingerprint density at radius 3 is 2.58 bits per heavy atom. The summed E-state index contributed by atoms with van der Waals surface area (Å²) >= 11 is 1.95. The van der Waals surface area contributed by atoms with Crippen LogP contribution in [-0.2, 0) is 0 Å². The molecule has 0 aromatic heterocycles. The lowest BCUT2D eigenvalue weighted by Gasteiger charge is -2.18. The second kappa shape index (κ2) is 3.43. The summed E-state index contributed by atoms with van der Waals surface area (Å²) in [6, 6.07) is 0.666. The van der Waals surface area contributed by atoms with Crippen molar-refractivity contribution in [2.75, 3.05) is 6.54 Å². The van der Waals surface area contributed by atoms with E-state index in [4.69, 9.17) is 0 Å². The Bertz CT molecular complexity index is 181. The lowest BCUT2D eigenvalue weighted by molar-refractivity contribution is 0.750. The largest absolute Gasteiger partial charge is 0.240 e. The summed E-state index contributed by atoms with van der Waals surface area (Å²) in [6.07, 6.45) is 1.12. The van der Waals surface area contributed by atoms with Gasteiger partial charge in [0.25, 0.3) is 0 Å². The van der Waals surface area contributed by atoms with Crippen LogP contribution in [0, 0.1) is 0 Å². The summed E-state index contributed by atoms with van der Waals surface area (Å²) in [5.41, 5.74) is 1.38. The van der Waals surface area contributed by atoms with E-state index in [0.29, 0.717) is 10.8 Å². The minimum atomic E-state index is 0.350. The summed E-state index contributed by atoms with van der Waals surface area (Å²) < 4.78 is 2.77. The maximum absolute atomic E-state index is 4.06. The second-order valence-corrected chi connectivity index (χ2v) is 6.21. The van der Waals surface area contributed by atoms with Gasteiger partial charge in [-0.1, -0.05) is 31.0 Å². The van der Waals surface area contributed by atoms with E-state index in [1.807, 2.05) is 11.9 Å². The van der Waals surface area contributed by atoms with Crippen molar-refractivity contribution < 1.29 is 0 Å². The first kappa shape index (κ1) is 10.1. The van der Waals surface area contributed by atoms with Gasteiger partial charge in [-0.15, -0.1) is 0 Å². The minimum absolute atomic E-state index is 0.350. The smallest absolute Gasteiger partial charge is 0.0547 e. The third kappa shape index (κ3) is 2.83. The Balaban J connectivity index is 2.29. The average molecular weight is 185 g/mol. The Labute approximate surface area is 80.3 Å². The van der Waals surface area contributed by atoms with Crippen LogP contribution in [0.3, 0.4) is 0 Å². The van der Waals surface area contributed by atoms with Crippen LogP contribution in [0.1, 0.15) is 34.1 Å². The molecule has 1 heterocycles. The lowest BCUT2D eigenvalue weighted by Crippen LogP contribution is -2.11. The van der Waals surface area contributed by atoms with Crippen molar-refractivity contribution in [1.82, 2.24) is 4.31 Å². The normalized spacial score (nSPS) is 28.7. The third-order valence-electron chi connectivity index (χ3n) is 1.88. The molecule has 0 saturated carbocycles. The Morgan fingerprint density at radius 1 is 1.58 bits per heavy atom. The molecule has 1 fully saturated rings. The number of hydrogen-bond acceptors (Lipinski definition) is 2. The van der Waals surface area contributed by atoms with Crippen LogP contribution >= 0.6 is 11.9 Å². The van der Waals surface area contributed by atoms with E-state index >= 15 is 0 Å². The van der Waals surface area contributed by atoms with Crippen LogP contribution < -0.4 is 0 Å². The van der Waals surface area contributed by atoms with Crippen molar-refractivity contribution >= 4 is 11.9 Å². The molecule has 2 atom stereocenters. The molecule has 0 radical (unpaired) electrons. The van der Waals surface area contributed by atoms with Gasteiger partial charge < -0.3 is 0 Å². The summed E-state index contributed by atoms with van der Waals surface area (Å²) in [4.78, 5) is 0. The lowest BCUT2D eigenvalue weighted by atomic mass is 10.2. The van der Waals surface area contributed by atoms with Gasteiger partial charge in [-0.05, 0) is 27.2 Å². The highest BCUT2D eigenvalue weighted by molar-refractivity contribution is 7.98. The van der Waals surface area contributed by atoms with E-state index in [0.717, 1.165) is 6.42 Å². The van der Waals surface area contributed by atoms with Gasteiger partial charge in [-0.2, -0.15) is 0 Å². The molecule has 0 aliphatic carbocycles. The van der Waals surface area contributed by atoms with Crippen LogP contribution in [0.5, 0.6) is 0 Å². The zero-order chi connectivity index (χ0) is 9.35. The number of hydrogen-bond donors (Lipinski definition) is 0. The second-order valence-electron chi connectivity index (χ2n) is 4.33. The molecule has 1 aliphatic rings. The maximum Gasteiger partial charge on any atom is 0.0547 e. The molecule has 0 amide bonds. The van der Waals surface area contributed by atoms with Crippen molar-refractivity contribution in [3.8, 4) is 0 Å². The van der Waals surface area contributed by atoms with Gasteiger partial charge in [0, 0.05) is 11.3 Å². The molecule has 0 bridgehead atoms. The van der Waals surface area contributed by atoms with Gasteiger partial charge in [0.1, 0.15) is 0 Å². The van der Waals surface area contributed by atoms with Gasteiger partial charge in [-0.3, -0.25) is 0 Å². The zero-order valence-electron chi connectivity index (χ0n) is 8.55. The van der Waals surface area contributed by atoms with Gasteiger partial charge in [0.2, 0.25) is 0 Å². The van der Waals surface area contributed by atoms with E-state index in [-0.39, 0.29) is 0 Å². The fourth-order valence-electron chi connectivity index (χ4n) is 1.14. The predicted octanol–water partition coefficient (Wildman–Crippen LogP) is 3.08. The van der Waals surface area contributed by atoms with Crippen LogP contribution in [0.25, 0.3) is 0 Å². The molecule has 0 spiro atoms. The van der Waals surface area contributed by atoms with Gasteiger partial charge in [0.05, 0.1) is 6.04 Å². The Hall–Kier alpha value is 0.0500. The molecule has 12 heavy (non-hydrogen) atoms. The van der Waals surface area contributed by atoms with Crippen molar-refractivity contribution in [2.45, 2.75) is 44.9 Å². The molecular formula is C10H19NS. The van der Waals surface area contributed by atoms with Gasteiger partial charge >= 0.3 is 0 Å². The number of nitrogens with zero attached hydrogens (tertiary/aromatic N) is 1. The molecule has 0 aromatic carbocycles. The van der Waals surface area contributed by atoms with Crippen molar-refractivity contribution in [1.29, 1.82) is 0 Å². The Morgan fingerprint density at radius 2 is 2.17 bits per heavy atom. The molecule has 1 rings (SSSR count). The number of rotatable bonds is 3.